The lowest BCUT2D eigenvalue weighted by Crippen LogP contribution is -2.29. The normalized spacial score (nSPS) is 12.8. The zero-order valence-corrected chi connectivity index (χ0v) is 27.1. The molecule has 0 unspecified atom stereocenters. The van der Waals surface area contributed by atoms with E-state index in [0.717, 1.165) is 72.3 Å². The molecule has 0 saturated heterocycles. The van der Waals surface area contributed by atoms with Crippen LogP contribution in [0.15, 0.2) is 188 Å². The predicted molar refractivity (Wildman–Crippen MR) is 201 cm³/mol. The van der Waals surface area contributed by atoms with Crippen LogP contribution < -0.4 is 4.90 Å². The summed E-state index contributed by atoms with van der Waals surface area (Å²) in [6, 6.07) is 62.5. The van der Waals surface area contributed by atoms with Crippen LogP contribution in [0.3, 0.4) is 0 Å². The zero-order valence-electron chi connectivity index (χ0n) is 27.1. The highest BCUT2D eigenvalue weighted by atomic mass is 19.1. The van der Waals surface area contributed by atoms with Crippen LogP contribution in [0.1, 0.15) is 22.3 Å². The van der Waals surface area contributed by atoms with Gasteiger partial charge >= 0.3 is 0 Å². The molecule has 0 heterocycles. The fourth-order valence-corrected chi connectivity index (χ4v) is 7.87. The molecule has 0 aliphatic heterocycles. The topological polar surface area (TPSA) is 3.24 Å². The molecule has 3 heteroatoms. The first kappa shape index (κ1) is 29.8. The fourth-order valence-electron chi connectivity index (χ4n) is 7.87. The molecule has 0 N–H and O–H groups in total. The number of hydrogen-bond donors (Lipinski definition) is 0. The molecular weight excluding hydrogens is 617 g/mol. The highest BCUT2D eigenvalue weighted by Crippen LogP contribution is 2.59. The largest absolute Gasteiger partial charge is 0.310 e. The number of nitrogens with zero attached hydrogens (tertiary/aromatic N) is 1. The van der Waals surface area contributed by atoms with Crippen molar-refractivity contribution in [3.8, 4) is 22.3 Å². The van der Waals surface area contributed by atoms with Crippen molar-refractivity contribution in [1.82, 2.24) is 0 Å². The zero-order chi connectivity index (χ0) is 33.7. The van der Waals surface area contributed by atoms with Crippen LogP contribution in [0.25, 0.3) is 33.0 Å². The van der Waals surface area contributed by atoms with Gasteiger partial charge in [0.15, 0.2) is 0 Å². The van der Waals surface area contributed by atoms with Crippen molar-refractivity contribution in [2.75, 3.05) is 4.90 Å². The molecule has 1 aliphatic carbocycles. The number of para-hydroxylation sites is 1. The summed E-state index contributed by atoms with van der Waals surface area (Å²) in [6.45, 7) is 0. The Balaban J connectivity index is 1.33. The van der Waals surface area contributed by atoms with Gasteiger partial charge in [-0.15, -0.1) is 0 Å². The minimum absolute atomic E-state index is 0.303. The Morgan fingerprint density at radius 2 is 0.940 bits per heavy atom. The number of rotatable bonds is 6. The van der Waals surface area contributed by atoms with E-state index in [1.807, 2.05) is 36.4 Å². The molecule has 0 saturated carbocycles. The molecule has 0 amide bonds. The first-order valence-electron chi connectivity index (χ1n) is 16.8. The van der Waals surface area contributed by atoms with Crippen LogP contribution >= 0.6 is 0 Å². The summed E-state index contributed by atoms with van der Waals surface area (Å²) in [4.78, 5) is 2.27. The number of hydrogen-bond acceptors (Lipinski definition) is 1. The molecule has 8 aromatic rings. The van der Waals surface area contributed by atoms with Crippen LogP contribution in [0.5, 0.6) is 0 Å². The second kappa shape index (κ2) is 12.0. The lowest BCUT2D eigenvalue weighted by Gasteiger charge is -2.35. The quantitative estimate of drug-likeness (QED) is 0.174. The third kappa shape index (κ3) is 4.74. The van der Waals surface area contributed by atoms with Crippen molar-refractivity contribution in [3.63, 3.8) is 0 Å². The standard InChI is InChI=1S/C47H31F2N/c48-37-22-18-35(19-23-37)47(36-20-24-38(49)25-21-36)44-30-17-34-11-7-8-14-42(34)46(44)43-29-28-41(31-45(43)47)50(39-12-5-2-6-13-39)40-26-15-33(16-27-40)32-9-3-1-4-10-32/h1-31H. The summed E-state index contributed by atoms with van der Waals surface area (Å²) in [5.74, 6) is -0.606. The molecular formula is C47H31F2N. The monoisotopic (exact) mass is 647 g/mol. The van der Waals surface area contributed by atoms with E-state index in [-0.39, 0.29) is 11.6 Å². The van der Waals surface area contributed by atoms with Crippen LogP contribution in [0, 0.1) is 11.6 Å². The van der Waals surface area contributed by atoms with Gasteiger partial charge in [0.2, 0.25) is 0 Å². The molecule has 1 nitrogen and oxygen atoms in total. The maximum Gasteiger partial charge on any atom is 0.123 e. The SMILES string of the molecule is Fc1ccc(C2(c3ccc(F)cc3)c3cc(N(c4ccccc4)c4ccc(-c5ccccc5)cc4)ccc3-c3c2ccc2ccccc32)cc1. The van der Waals surface area contributed by atoms with E-state index in [0.29, 0.717) is 0 Å². The van der Waals surface area contributed by atoms with Gasteiger partial charge in [-0.2, -0.15) is 0 Å². The van der Waals surface area contributed by atoms with Crippen molar-refractivity contribution < 1.29 is 8.78 Å². The Labute approximate surface area is 290 Å². The first-order valence-corrected chi connectivity index (χ1v) is 16.8. The average Bonchev–Trinajstić information content (AvgIpc) is 3.47. The van der Waals surface area contributed by atoms with Gasteiger partial charge < -0.3 is 4.90 Å². The first-order chi connectivity index (χ1) is 24.6. The highest BCUT2D eigenvalue weighted by Gasteiger charge is 2.47. The Kier molecular flexibility index (Phi) is 7.14. The van der Waals surface area contributed by atoms with E-state index in [9.17, 15) is 8.78 Å². The third-order valence-electron chi connectivity index (χ3n) is 10.1. The van der Waals surface area contributed by atoms with Gasteiger partial charge in [0.05, 0.1) is 5.41 Å². The van der Waals surface area contributed by atoms with Crippen molar-refractivity contribution in [2.45, 2.75) is 5.41 Å². The molecule has 8 aromatic carbocycles. The second-order valence-electron chi connectivity index (χ2n) is 12.8. The van der Waals surface area contributed by atoms with E-state index < -0.39 is 5.41 Å². The maximum absolute atomic E-state index is 14.6. The fraction of sp³-hybridized carbons (Fsp3) is 0.0213. The number of fused-ring (bicyclic) bond motifs is 5. The van der Waals surface area contributed by atoms with Gasteiger partial charge in [0, 0.05) is 17.1 Å². The molecule has 9 rings (SSSR count). The van der Waals surface area contributed by atoms with E-state index >= 15 is 0 Å². The Morgan fingerprint density at radius 3 is 1.60 bits per heavy atom. The van der Waals surface area contributed by atoms with Gasteiger partial charge in [-0.25, -0.2) is 8.78 Å². The van der Waals surface area contributed by atoms with Crippen LogP contribution in [0.2, 0.25) is 0 Å². The number of halogens is 2. The van der Waals surface area contributed by atoms with Crippen molar-refractivity contribution in [2.24, 2.45) is 0 Å². The molecule has 0 bridgehead atoms. The third-order valence-corrected chi connectivity index (χ3v) is 10.1. The Morgan fingerprint density at radius 1 is 0.400 bits per heavy atom. The Bertz CT molecular complexity index is 2430. The highest BCUT2D eigenvalue weighted by molar-refractivity contribution is 6.04. The van der Waals surface area contributed by atoms with Gasteiger partial charge in [0.25, 0.3) is 0 Å². The van der Waals surface area contributed by atoms with E-state index in [1.165, 1.54) is 24.3 Å². The summed E-state index contributed by atoms with van der Waals surface area (Å²) in [7, 11) is 0. The summed E-state index contributed by atoms with van der Waals surface area (Å²) in [5.41, 5.74) is 10.7. The van der Waals surface area contributed by atoms with Crippen molar-refractivity contribution in [3.05, 3.63) is 222 Å². The summed E-state index contributed by atoms with van der Waals surface area (Å²) in [5, 5.41) is 2.28. The number of anilines is 3. The Hall–Kier alpha value is -6.32. The summed E-state index contributed by atoms with van der Waals surface area (Å²) < 4.78 is 29.2. The second-order valence-corrected chi connectivity index (χ2v) is 12.8. The molecule has 0 spiro atoms. The lowest BCUT2D eigenvalue weighted by molar-refractivity contribution is 0.622. The molecule has 238 valence electrons. The smallest absolute Gasteiger partial charge is 0.123 e. The van der Waals surface area contributed by atoms with Gasteiger partial charge in [-0.1, -0.05) is 127 Å². The van der Waals surface area contributed by atoms with Crippen LogP contribution in [-0.4, -0.2) is 0 Å². The van der Waals surface area contributed by atoms with Crippen molar-refractivity contribution >= 4 is 27.8 Å². The van der Waals surface area contributed by atoms with Gasteiger partial charge in [-0.3, -0.25) is 0 Å². The van der Waals surface area contributed by atoms with E-state index in [1.54, 1.807) is 0 Å². The van der Waals surface area contributed by atoms with E-state index in [2.05, 4.69) is 132 Å². The van der Waals surface area contributed by atoms with Crippen LogP contribution in [-0.2, 0) is 5.41 Å². The average molecular weight is 648 g/mol. The minimum Gasteiger partial charge on any atom is -0.310 e. The number of benzene rings is 8. The molecule has 50 heavy (non-hydrogen) atoms. The lowest BCUT2D eigenvalue weighted by atomic mass is 9.67. The molecule has 0 radical (unpaired) electrons. The summed E-state index contributed by atoms with van der Waals surface area (Å²) >= 11 is 0. The van der Waals surface area contributed by atoms with E-state index in [4.69, 9.17) is 0 Å². The predicted octanol–water partition coefficient (Wildman–Crippen LogP) is 12.6. The van der Waals surface area contributed by atoms with Crippen LogP contribution in [0.4, 0.5) is 25.8 Å². The molecule has 0 aromatic heterocycles. The van der Waals surface area contributed by atoms with Crippen molar-refractivity contribution in [1.29, 1.82) is 0 Å². The van der Waals surface area contributed by atoms with Gasteiger partial charge in [-0.05, 0) is 116 Å². The minimum atomic E-state index is -0.842. The van der Waals surface area contributed by atoms with Gasteiger partial charge in [0.1, 0.15) is 11.6 Å². The molecule has 0 fully saturated rings. The summed E-state index contributed by atoms with van der Waals surface area (Å²) in [6.07, 6.45) is 0. The maximum atomic E-state index is 14.6. The molecule has 1 aliphatic rings. The molecule has 0 atom stereocenters.